The summed E-state index contributed by atoms with van der Waals surface area (Å²) in [4.78, 5) is 20.1. The molecule has 0 unspecified atom stereocenters. The molecule has 20 heavy (non-hydrogen) atoms. The van der Waals surface area contributed by atoms with Crippen LogP contribution in [-0.2, 0) is 11.2 Å². The molecule has 0 radical (unpaired) electrons. The monoisotopic (exact) mass is 289 g/mol. The van der Waals surface area contributed by atoms with Crippen molar-refractivity contribution in [2.75, 3.05) is 5.32 Å². The van der Waals surface area contributed by atoms with E-state index in [2.05, 4.69) is 15.3 Å². The van der Waals surface area contributed by atoms with E-state index in [4.69, 9.17) is 11.6 Å². The Morgan fingerprint density at radius 3 is 2.65 bits per heavy atom. The summed E-state index contributed by atoms with van der Waals surface area (Å²) < 4.78 is 0. The van der Waals surface area contributed by atoms with Crippen molar-refractivity contribution in [3.63, 3.8) is 0 Å². The van der Waals surface area contributed by atoms with Crippen LogP contribution in [0.3, 0.4) is 0 Å². The van der Waals surface area contributed by atoms with Crippen LogP contribution >= 0.6 is 11.6 Å². The Labute approximate surface area is 123 Å². The first-order chi connectivity index (χ1) is 9.44. The maximum atomic E-state index is 12.0. The van der Waals surface area contributed by atoms with Crippen LogP contribution in [0.25, 0.3) is 0 Å². The number of carbonyl (C=O) groups is 1. The zero-order valence-electron chi connectivity index (χ0n) is 11.7. The fourth-order valence-corrected chi connectivity index (χ4v) is 2.16. The van der Waals surface area contributed by atoms with E-state index in [9.17, 15) is 4.79 Å². The Hall–Kier alpha value is -1.94. The third kappa shape index (κ3) is 3.78. The molecule has 1 heterocycles. The number of aromatic nitrogens is 2. The van der Waals surface area contributed by atoms with Gasteiger partial charge in [-0.15, -0.1) is 0 Å². The van der Waals surface area contributed by atoms with E-state index in [1.54, 1.807) is 13.0 Å². The van der Waals surface area contributed by atoms with Crippen molar-refractivity contribution in [1.29, 1.82) is 0 Å². The molecule has 0 saturated carbocycles. The quantitative estimate of drug-likeness (QED) is 0.883. The molecule has 1 aromatic heterocycles. The number of nitrogens with one attached hydrogen (secondary N) is 1. The van der Waals surface area contributed by atoms with Gasteiger partial charge in [0.15, 0.2) is 0 Å². The van der Waals surface area contributed by atoms with Crippen LogP contribution < -0.4 is 5.32 Å². The minimum Gasteiger partial charge on any atom is -0.294 e. The number of carbonyl (C=O) groups excluding carboxylic acids is 1. The van der Waals surface area contributed by atoms with Crippen LogP contribution in [0, 0.1) is 20.8 Å². The largest absolute Gasteiger partial charge is 0.294 e. The fraction of sp³-hybridized carbons (Fsp3) is 0.267. The van der Waals surface area contributed by atoms with E-state index >= 15 is 0 Å². The van der Waals surface area contributed by atoms with E-state index in [1.807, 2.05) is 32.0 Å². The van der Waals surface area contributed by atoms with Gasteiger partial charge in [-0.2, -0.15) is 0 Å². The first-order valence-corrected chi connectivity index (χ1v) is 6.69. The van der Waals surface area contributed by atoms with Gasteiger partial charge in [-0.25, -0.2) is 9.97 Å². The lowest BCUT2D eigenvalue weighted by molar-refractivity contribution is -0.115. The lowest BCUT2D eigenvalue weighted by Gasteiger charge is -2.08. The van der Waals surface area contributed by atoms with Gasteiger partial charge in [0.2, 0.25) is 11.9 Å². The number of halogens is 1. The maximum Gasteiger partial charge on any atom is 0.231 e. The summed E-state index contributed by atoms with van der Waals surface area (Å²) in [6.07, 6.45) is 0.294. The molecule has 2 rings (SSSR count). The Kier molecular flexibility index (Phi) is 4.35. The number of nitrogens with zero attached hydrogens (tertiary/aromatic N) is 2. The van der Waals surface area contributed by atoms with Crippen LogP contribution in [0.15, 0.2) is 24.3 Å². The van der Waals surface area contributed by atoms with Crippen molar-refractivity contribution >= 4 is 23.5 Å². The molecule has 5 heteroatoms. The van der Waals surface area contributed by atoms with Gasteiger partial charge in [0.1, 0.15) is 5.15 Å². The molecule has 1 amide bonds. The van der Waals surface area contributed by atoms with Gasteiger partial charge < -0.3 is 0 Å². The molecule has 2 aromatic rings. The van der Waals surface area contributed by atoms with Crippen molar-refractivity contribution < 1.29 is 4.79 Å². The highest BCUT2D eigenvalue weighted by molar-refractivity contribution is 6.29. The van der Waals surface area contributed by atoms with Gasteiger partial charge >= 0.3 is 0 Å². The van der Waals surface area contributed by atoms with Crippen molar-refractivity contribution in [3.05, 3.63) is 51.8 Å². The van der Waals surface area contributed by atoms with E-state index in [-0.39, 0.29) is 11.9 Å². The molecular formula is C15H16ClN3O. The van der Waals surface area contributed by atoms with E-state index in [0.29, 0.717) is 17.3 Å². The van der Waals surface area contributed by atoms with Crippen molar-refractivity contribution in [1.82, 2.24) is 9.97 Å². The molecule has 0 spiro atoms. The normalized spacial score (nSPS) is 10.4. The van der Waals surface area contributed by atoms with Gasteiger partial charge in [-0.05, 0) is 38.0 Å². The van der Waals surface area contributed by atoms with Gasteiger partial charge in [0.05, 0.1) is 6.42 Å². The second-order valence-corrected chi connectivity index (χ2v) is 5.20. The van der Waals surface area contributed by atoms with Crippen molar-refractivity contribution in [2.45, 2.75) is 27.2 Å². The third-order valence-electron chi connectivity index (χ3n) is 2.93. The van der Waals surface area contributed by atoms with Gasteiger partial charge in [0, 0.05) is 5.69 Å². The summed E-state index contributed by atoms with van der Waals surface area (Å²) in [6, 6.07) is 7.69. The Morgan fingerprint density at radius 1 is 1.20 bits per heavy atom. The standard InChI is InChI=1S/C15H16ClN3O/c1-9-4-5-10(2)12(6-9)8-14(20)19-15-17-11(3)7-13(16)18-15/h4-7H,8H2,1-3H3,(H,17,18,19,20). The molecule has 0 aliphatic rings. The molecular weight excluding hydrogens is 274 g/mol. The van der Waals surface area contributed by atoms with Crippen LogP contribution in [0.5, 0.6) is 0 Å². The van der Waals surface area contributed by atoms with Crippen LogP contribution in [0.4, 0.5) is 5.95 Å². The minimum atomic E-state index is -0.152. The van der Waals surface area contributed by atoms with Crippen LogP contribution in [0.1, 0.15) is 22.4 Å². The first-order valence-electron chi connectivity index (χ1n) is 6.31. The second-order valence-electron chi connectivity index (χ2n) is 4.81. The average molecular weight is 290 g/mol. The summed E-state index contributed by atoms with van der Waals surface area (Å²) in [5, 5.41) is 2.99. The summed E-state index contributed by atoms with van der Waals surface area (Å²) in [5.74, 6) is 0.0886. The summed E-state index contributed by atoms with van der Waals surface area (Å²) in [7, 11) is 0. The molecule has 1 aromatic carbocycles. The Balaban J connectivity index is 2.11. The van der Waals surface area contributed by atoms with Crippen molar-refractivity contribution in [3.8, 4) is 0 Å². The minimum absolute atomic E-state index is 0.152. The fourth-order valence-electron chi connectivity index (χ4n) is 1.92. The molecule has 1 N–H and O–H groups in total. The van der Waals surface area contributed by atoms with Crippen LogP contribution in [-0.4, -0.2) is 15.9 Å². The molecule has 0 atom stereocenters. The molecule has 0 aliphatic carbocycles. The Bertz CT molecular complexity index is 635. The number of rotatable bonds is 3. The van der Waals surface area contributed by atoms with Crippen molar-refractivity contribution in [2.24, 2.45) is 0 Å². The van der Waals surface area contributed by atoms with Gasteiger partial charge in [-0.1, -0.05) is 35.4 Å². The SMILES string of the molecule is Cc1ccc(C)c(CC(=O)Nc2nc(C)cc(Cl)n2)c1. The molecule has 4 nitrogen and oxygen atoms in total. The number of benzene rings is 1. The number of amides is 1. The van der Waals surface area contributed by atoms with Gasteiger partial charge in [0.25, 0.3) is 0 Å². The van der Waals surface area contributed by atoms with E-state index in [0.717, 1.165) is 16.7 Å². The topological polar surface area (TPSA) is 54.9 Å². The smallest absolute Gasteiger partial charge is 0.231 e. The van der Waals surface area contributed by atoms with E-state index < -0.39 is 0 Å². The maximum absolute atomic E-state index is 12.0. The number of hydrogen-bond donors (Lipinski definition) is 1. The summed E-state index contributed by atoms with van der Waals surface area (Å²) in [5.41, 5.74) is 3.94. The molecule has 0 bridgehead atoms. The summed E-state index contributed by atoms with van der Waals surface area (Å²) in [6.45, 7) is 5.79. The average Bonchev–Trinajstić information content (AvgIpc) is 2.32. The lowest BCUT2D eigenvalue weighted by Crippen LogP contribution is -2.17. The highest BCUT2D eigenvalue weighted by Gasteiger charge is 2.09. The number of anilines is 1. The molecule has 0 saturated heterocycles. The number of hydrogen-bond acceptors (Lipinski definition) is 3. The number of aryl methyl sites for hydroxylation is 3. The zero-order chi connectivity index (χ0) is 14.7. The van der Waals surface area contributed by atoms with E-state index in [1.165, 1.54) is 0 Å². The first kappa shape index (κ1) is 14.5. The summed E-state index contributed by atoms with van der Waals surface area (Å²) >= 11 is 5.84. The highest BCUT2D eigenvalue weighted by atomic mass is 35.5. The lowest BCUT2D eigenvalue weighted by atomic mass is 10.0. The zero-order valence-corrected chi connectivity index (χ0v) is 12.5. The molecule has 0 aliphatic heterocycles. The predicted molar refractivity (Wildman–Crippen MR) is 80.0 cm³/mol. The molecule has 104 valence electrons. The highest BCUT2D eigenvalue weighted by Crippen LogP contribution is 2.13. The third-order valence-corrected chi connectivity index (χ3v) is 3.12. The Morgan fingerprint density at radius 2 is 1.95 bits per heavy atom. The van der Waals surface area contributed by atoms with Gasteiger partial charge in [-0.3, -0.25) is 10.1 Å². The predicted octanol–water partition coefficient (Wildman–Crippen LogP) is 3.24. The van der Waals surface area contributed by atoms with Crippen LogP contribution in [0.2, 0.25) is 5.15 Å². The molecule has 0 fully saturated rings. The second kappa shape index (κ2) is 6.01.